The number of cyclic esters (lactones) is 1. The molecule has 0 saturated carbocycles. The van der Waals surface area contributed by atoms with Gasteiger partial charge in [-0.3, -0.25) is 0 Å². The van der Waals surface area contributed by atoms with Crippen LogP contribution in [0.3, 0.4) is 0 Å². The van der Waals surface area contributed by atoms with Gasteiger partial charge in [0.2, 0.25) is 0 Å². The second-order valence-corrected chi connectivity index (χ2v) is 4.17. The molecule has 0 bridgehead atoms. The SMILES string of the molecule is Cc1ccccc1C=C1N=C(c2ccco2)OC1=O. The number of aryl methyl sites for hydroxylation is 1. The van der Waals surface area contributed by atoms with Crippen LogP contribution in [0.4, 0.5) is 0 Å². The van der Waals surface area contributed by atoms with Gasteiger partial charge in [-0.05, 0) is 36.3 Å². The largest absolute Gasteiger partial charge is 0.459 e. The molecular formula is C15H11NO3. The van der Waals surface area contributed by atoms with Crippen LogP contribution in [-0.2, 0) is 9.53 Å². The highest BCUT2D eigenvalue weighted by Gasteiger charge is 2.25. The molecule has 4 nitrogen and oxygen atoms in total. The first-order chi connectivity index (χ1) is 9.24. The third kappa shape index (κ3) is 2.20. The number of hydrogen-bond acceptors (Lipinski definition) is 4. The van der Waals surface area contributed by atoms with Gasteiger partial charge in [0.15, 0.2) is 11.5 Å². The fourth-order valence-corrected chi connectivity index (χ4v) is 1.81. The fraction of sp³-hybridized carbons (Fsp3) is 0.0667. The maximum atomic E-state index is 11.7. The Bertz CT molecular complexity index is 681. The lowest BCUT2D eigenvalue weighted by molar-refractivity contribution is -0.130. The van der Waals surface area contributed by atoms with Gasteiger partial charge >= 0.3 is 5.97 Å². The Morgan fingerprint density at radius 1 is 1.16 bits per heavy atom. The van der Waals surface area contributed by atoms with Gasteiger partial charge in [0, 0.05) is 0 Å². The summed E-state index contributed by atoms with van der Waals surface area (Å²) in [5.74, 6) is 0.186. The minimum atomic E-state index is -0.463. The highest BCUT2D eigenvalue weighted by atomic mass is 16.6. The zero-order chi connectivity index (χ0) is 13.2. The lowest BCUT2D eigenvalue weighted by Gasteiger charge is -1.98. The maximum absolute atomic E-state index is 11.7. The number of aliphatic imine (C=N–C) groups is 1. The van der Waals surface area contributed by atoms with E-state index in [0.717, 1.165) is 11.1 Å². The molecule has 0 spiro atoms. The number of hydrogen-bond donors (Lipinski definition) is 0. The minimum absolute atomic E-state index is 0.204. The van der Waals surface area contributed by atoms with Gasteiger partial charge in [-0.15, -0.1) is 0 Å². The van der Waals surface area contributed by atoms with Crippen LogP contribution < -0.4 is 0 Å². The van der Waals surface area contributed by atoms with Gasteiger partial charge < -0.3 is 9.15 Å². The molecule has 0 saturated heterocycles. The predicted molar refractivity (Wildman–Crippen MR) is 70.5 cm³/mol. The van der Waals surface area contributed by atoms with Crippen molar-refractivity contribution in [1.29, 1.82) is 0 Å². The van der Waals surface area contributed by atoms with Crippen molar-refractivity contribution in [3.8, 4) is 0 Å². The normalized spacial score (nSPS) is 16.6. The summed E-state index contributed by atoms with van der Waals surface area (Å²) in [6, 6.07) is 11.2. The van der Waals surface area contributed by atoms with Crippen molar-refractivity contribution in [3.63, 3.8) is 0 Å². The number of benzene rings is 1. The molecule has 0 amide bonds. The average molecular weight is 253 g/mol. The lowest BCUT2D eigenvalue weighted by atomic mass is 10.1. The van der Waals surface area contributed by atoms with Crippen molar-refractivity contribution >= 4 is 17.9 Å². The third-order valence-electron chi connectivity index (χ3n) is 2.83. The van der Waals surface area contributed by atoms with Crippen LogP contribution in [0.1, 0.15) is 16.9 Å². The summed E-state index contributed by atoms with van der Waals surface area (Å²) in [5, 5.41) is 0. The van der Waals surface area contributed by atoms with E-state index in [4.69, 9.17) is 9.15 Å². The summed E-state index contributed by atoms with van der Waals surface area (Å²) in [5.41, 5.74) is 2.30. The molecule has 1 aliphatic rings. The average Bonchev–Trinajstić information content (AvgIpc) is 3.02. The van der Waals surface area contributed by atoms with Crippen molar-refractivity contribution in [2.24, 2.45) is 4.99 Å². The second kappa shape index (κ2) is 4.57. The molecule has 2 heterocycles. The highest BCUT2D eigenvalue weighted by Crippen LogP contribution is 2.20. The Hall–Kier alpha value is -2.62. The molecule has 4 heteroatoms. The molecule has 3 rings (SSSR count). The van der Waals surface area contributed by atoms with Gasteiger partial charge in [0.1, 0.15) is 0 Å². The molecule has 2 aromatic rings. The van der Waals surface area contributed by atoms with Crippen molar-refractivity contribution < 1.29 is 13.9 Å². The lowest BCUT2D eigenvalue weighted by Crippen LogP contribution is -2.04. The van der Waals surface area contributed by atoms with Crippen molar-refractivity contribution in [1.82, 2.24) is 0 Å². The first-order valence-electron chi connectivity index (χ1n) is 5.86. The third-order valence-corrected chi connectivity index (χ3v) is 2.83. The summed E-state index contributed by atoms with van der Waals surface area (Å²) in [6.45, 7) is 1.98. The quantitative estimate of drug-likeness (QED) is 0.610. The van der Waals surface area contributed by atoms with E-state index in [2.05, 4.69) is 4.99 Å². The monoisotopic (exact) mass is 253 g/mol. The molecule has 0 N–H and O–H groups in total. The number of nitrogens with zero attached hydrogens (tertiary/aromatic N) is 1. The number of furan rings is 1. The summed E-state index contributed by atoms with van der Waals surface area (Å²) < 4.78 is 10.2. The van der Waals surface area contributed by atoms with Crippen LogP contribution in [0.2, 0.25) is 0 Å². The Balaban J connectivity index is 1.98. The summed E-state index contributed by atoms with van der Waals surface area (Å²) in [6.07, 6.45) is 3.22. The zero-order valence-corrected chi connectivity index (χ0v) is 10.3. The Morgan fingerprint density at radius 2 is 2.00 bits per heavy atom. The number of carbonyl (C=O) groups is 1. The van der Waals surface area contributed by atoms with Crippen LogP contribution in [-0.4, -0.2) is 11.9 Å². The van der Waals surface area contributed by atoms with Gasteiger partial charge in [-0.25, -0.2) is 9.79 Å². The molecule has 0 unspecified atom stereocenters. The Kier molecular flexibility index (Phi) is 2.76. The molecule has 1 aliphatic heterocycles. The van der Waals surface area contributed by atoms with E-state index >= 15 is 0 Å². The van der Waals surface area contributed by atoms with E-state index < -0.39 is 5.97 Å². The number of carbonyl (C=O) groups excluding carboxylic acids is 1. The van der Waals surface area contributed by atoms with Gasteiger partial charge in [-0.1, -0.05) is 24.3 Å². The minimum Gasteiger partial charge on any atom is -0.459 e. The summed E-state index contributed by atoms with van der Waals surface area (Å²) in [7, 11) is 0. The van der Waals surface area contributed by atoms with Crippen molar-refractivity contribution in [2.45, 2.75) is 6.92 Å². The van der Waals surface area contributed by atoms with Gasteiger partial charge in [0.05, 0.1) is 6.26 Å². The number of esters is 1. The molecule has 0 fully saturated rings. The highest BCUT2D eigenvalue weighted by molar-refractivity contribution is 6.11. The van der Waals surface area contributed by atoms with E-state index in [9.17, 15) is 4.79 Å². The summed E-state index contributed by atoms with van der Waals surface area (Å²) >= 11 is 0. The van der Waals surface area contributed by atoms with Gasteiger partial charge in [-0.2, -0.15) is 0 Å². The summed E-state index contributed by atoms with van der Waals surface area (Å²) in [4.78, 5) is 15.9. The van der Waals surface area contributed by atoms with Crippen LogP contribution in [0.25, 0.3) is 6.08 Å². The van der Waals surface area contributed by atoms with E-state index in [-0.39, 0.29) is 11.6 Å². The molecule has 0 radical (unpaired) electrons. The van der Waals surface area contributed by atoms with E-state index in [1.54, 1.807) is 18.2 Å². The van der Waals surface area contributed by atoms with Crippen LogP contribution in [0.5, 0.6) is 0 Å². The van der Waals surface area contributed by atoms with Crippen LogP contribution in [0, 0.1) is 6.92 Å². The Labute approximate surface area is 110 Å². The van der Waals surface area contributed by atoms with E-state index in [1.807, 2.05) is 31.2 Å². The zero-order valence-electron chi connectivity index (χ0n) is 10.3. The number of rotatable bonds is 2. The fourth-order valence-electron chi connectivity index (χ4n) is 1.81. The maximum Gasteiger partial charge on any atom is 0.363 e. The molecular weight excluding hydrogens is 242 g/mol. The van der Waals surface area contributed by atoms with E-state index in [0.29, 0.717) is 5.76 Å². The van der Waals surface area contributed by atoms with Crippen LogP contribution in [0.15, 0.2) is 57.8 Å². The predicted octanol–water partition coefficient (Wildman–Crippen LogP) is 2.93. The standard InChI is InChI=1S/C15H11NO3/c1-10-5-2-3-6-11(10)9-12-15(17)19-14(16-12)13-7-4-8-18-13/h2-9H,1H3. The van der Waals surface area contributed by atoms with Crippen molar-refractivity contribution in [3.05, 3.63) is 65.2 Å². The smallest absolute Gasteiger partial charge is 0.363 e. The van der Waals surface area contributed by atoms with E-state index in [1.165, 1.54) is 6.26 Å². The molecule has 1 aromatic carbocycles. The second-order valence-electron chi connectivity index (χ2n) is 4.17. The Morgan fingerprint density at radius 3 is 2.74 bits per heavy atom. The molecule has 94 valence electrons. The molecule has 1 aromatic heterocycles. The number of ether oxygens (including phenoxy) is 1. The first-order valence-corrected chi connectivity index (χ1v) is 5.86. The topological polar surface area (TPSA) is 51.8 Å². The van der Waals surface area contributed by atoms with Crippen molar-refractivity contribution in [2.75, 3.05) is 0 Å². The van der Waals surface area contributed by atoms with Crippen LogP contribution >= 0.6 is 0 Å². The molecule has 0 aliphatic carbocycles. The molecule has 19 heavy (non-hydrogen) atoms. The van der Waals surface area contributed by atoms with Gasteiger partial charge in [0.25, 0.3) is 5.90 Å². The first kappa shape index (κ1) is 11.5. The molecule has 0 atom stereocenters.